The van der Waals surface area contributed by atoms with E-state index >= 15 is 0 Å². The number of rotatable bonds is 4. The molecule has 0 bridgehead atoms. The second-order valence-electron chi connectivity index (χ2n) is 2.89. The van der Waals surface area contributed by atoms with E-state index in [0.717, 1.165) is 14.6 Å². The molecule has 1 rings (SSSR count). The average Bonchev–Trinajstić information content (AvgIpc) is 2.25. The van der Waals surface area contributed by atoms with Crippen molar-refractivity contribution in [3.8, 4) is 6.07 Å². The standard InChI is InChI=1S/C10H9Br2N3O/c11-7-2-1-3-8(12)10(7)15-6-9(16)14-5-4-13/h1-3,15H,5-6H2,(H,14,16). The molecule has 0 fully saturated rings. The molecule has 0 spiro atoms. The molecule has 1 aromatic carbocycles. The average molecular weight is 347 g/mol. The van der Waals surface area contributed by atoms with Crippen LogP contribution in [0.3, 0.4) is 0 Å². The van der Waals surface area contributed by atoms with Crippen LogP contribution in [0.5, 0.6) is 0 Å². The molecule has 0 radical (unpaired) electrons. The van der Waals surface area contributed by atoms with Gasteiger partial charge in [0.2, 0.25) is 5.91 Å². The summed E-state index contributed by atoms with van der Waals surface area (Å²) in [7, 11) is 0. The van der Waals surface area contributed by atoms with Crippen molar-refractivity contribution in [2.24, 2.45) is 0 Å². The molecule has 6 heteroatoms. The van der Waals surface area contributed by atoms with E-state index in [9.17, 15) is 4.79 Å². The minimum Gasteiger partial charge on any atom is -0.374 e. The van der Waals surface area contributed by atoms with Crippen molar-refractivity contribution in [2.45, 2.75) is 0 Å². The van der Waals surface area contributed by atoms with Gasteiger partial charge >= 0.3 is 0 Å². The highest BCUT2D eigenvalue weighted by molar-refractivity contribution is 9.11. The number of para-hydroxylation sites is 1. The highest BCUT2D eigenvalue weighted by Gasteiger charge is 2.06. The van der Waals surface area contributed by atoms with Gasteiger partial charge in [-0.05, 0) is 44.0 Å². The third kappa shape index (κ3) is 3.83. The van der Waals surface area contributed by atoms with E-state index in [1.54, 1.807) is 0 Å². The van der Waals surface area contributed by atoms with Crippen LogP contribution < -0.4 is 10.6 Å². The summed E-state index contributed by atoms with van der Waals surface area (Å²) >= 11 is 6.75. The Hall–Kier alpha value is -1.06. The number of amides is 1. The first kappa shape index (κ1) is 13.0. The fraction of sp³-hybridized carbons (Fsp3) is 0.200. The van der Waals surface area contributed by atoms with Crippen LogP contribution in [0.15, 0.2) is 27.1 Å². The predicted octanol–water partition coefficient (Wildman–Crippen LogP) is 2.26. The zero-order chi connectivity index (χ0) is 12.0. The molecular formula is C10H9Br2N3O. The Bertz CT molecular complexity index is 408. The lowest BCUT2D eigenvalue weighted by Gasteiger charge is -2.09. The van der Waals surface area contributed by atoms with E-state index in [4.69, 9.17) is 5.26 Å². The van der Waals surface area contributed by atoms with Gasteiger partial charge in [0.05, 0.1) is 18.3 Å². The Kier molecular flexibility index (Phi) is 5.29. The first-order valence-electron chi connectivity index (χ1n) is 4.46. The van der Waals surface area contributed by atoms with E-state index in [-0.39, 0.29) is 19.0 Å². The highest BCUT2D eigenvalue weighted by Crippen LogP contribution is 2.30. The van der Waals surface area contributed by atoms with Gasteiger partial charge in [0, 0.05) is 8.95 Å². The van der Waals surface area contributed by atoms with Gasteiger partial charge in [-0.25, -0.2) is 0 Å². The summed E-state index contributed by atoms with van der Waals surface area (Å²) in [5.41, 5.74) is 0.814. The minimum atomic E-state index is -0.218. The molecular weight excluding hydrogens is 338 g/mol. The maximum Gasteiger partial charge on any atom is 0.240 e. The molecule has 4 nitrogen and oxygen atoms in total. The van der Waals surface area contributed by atoms with Crippen molar-refractivity contribution >= 4 is 43.5 Å². The molecule has 0 aliphatic heterocycles. The van der Waals surface area contributed by atoms with E-state index in [0.29, 0.717) is 0 Å². The van der Waals surface area contributed by atoms with E-state index < -0.39 is 0 Å². The van der Waals surface area contributed by atoms with Crippen LogP contribution in [0.2, 0.25) is 0 Å². The molecule has 1 amide bonds. The van der Waals surface area contributed by atoms with Crippen LogP contribution in [-0.4, -0.2) is 19.0 Å². The minimum absolute atomic E-state index is 0.0254. The number of benzene rings is 1. The lowest BCUT2D eigenvalue weighted by Crippen LogP contribution is -2.30. The first-order valence-corrected chi connectivity index (χ1v) is 6.05. The van der Waals surface area contributed by atoms with Gasteiger partial charge in [-0.2, -0.15) is 5.26 Å². The highest BCUT2D eigenvalue weighted by atomic mass is 79.9. The monoisotopic (exact) mass is 345 g/mol. The summed E-state index contributed by atoms with van der Waals surface area (Å²) in [5.74, 6) is -0.218. The Morgan fingerprint density at radius 1 is 1.38 bits per heavy atom. The number of anilines is 1. The van der Waals surface area contributed by atoms with Crippen molar-refractivity contribution in [2.75, 3.05) is 18.4 Å². The van der Waals surface area contributed by atoms with Gasteiger partial charge in [-0.15, -0.1) is 0 Å². The molecule has 0 heterocycles. The molecule has 16 heavy (non-hydrogen) atoms. The lowest BCUT2D eigenvalue weighted by molar-refractivity contribution is -0.119. The van der Waals surface area contributed by atoms with Crippen LogP contribution in [0.25, 0.3) is 0 Å². The number of hydrogen-bond acceptors (Lipinski definition) is 3. The zero-order valence-electron chi connectivity index (χ0n) is 8.26. The van der Waals surface area contributed by atoms with E-state index in [1.807, 2.05) is 24.3 Å². The zero-order valence-corrected chi connectivity index (χ0v) is 11.4. The van der Waals surface area contributed by atoms with Gasteiger partial charge in [0.25, 0.3) is 0 Å². The molecule has 0 aliphatic carbocycles. The fourth-order valence-corrected chi connectivity index (χ4v) is 2.31. The maximum absolute atomic E-state index is 11.2. The molecule has 0 saturated heterocycles. The number of nitrogens with one attached hydrogen (secondary N) is 2. The summed E-state index contributed by atoms with van der Waals surface area (Å²) in [5, 5.41) is 13.7. The smallest absolute Gasteiger partial charge is 0.240 e. The van der Waals surface area contributed by atoms with Crippen LogP contribution in [0.4, 0.5) is 5.69 Å². The summed E-state index contributed by atoms with van der Waals surface area (Å²) < 4.78 is 1.74. The van der Waals surface area contributed by atoms with Gasteiger partial charge in [-0.3, -0.25) is 4.79 Å². The molecule has 1 aromatic rings. The number of nitrogens with zero attached hydrogens (tertiary/aromatic N) is 1. The first-order chi connectivity index (χ1) is 7.65. The fourth-order valence-electron chi connectivity index (χ4n) is 1.04. The largest absolute Gasteiger partial charge is 0.374 e. The number of carbonyl (C=O) groups is 1. The molecule has 84 valence electrons. The van der Waals surface area contributed by atoms with Crippen LogP contribution in [0, 0.1) is 11.3 Å². The van der Waals surface area contributed by atoms with Crippen molar-refractivity contribution in [1.82, 2.24) is 5.32 Å². The Balaban J connectivity index is 2.55. The Morgan fingerprint density at radius 2 is 2.00 bits per heavy atom. The van der Waals surface area contributed by atoms with E-state index in [2.05, 4.69) is 42.5 Å². The molecule has 0 atom stereocenters. The number of nitriles is 1. The second kappa shape index (κ2) is 6.51. The van der Waals surface area contributed by atoms with Crippen molar-refractivity contribution in [3.05, 3.63) is 27.1 Å². The predicted molar refractivity (Wildman–Crippen MR) is 69.0 cm³/mol. The number of hydrogen-bond donors (Lipinski definition) is 2. The summed E-state index contributed by atoms with van der Waals surface area (Å²) in [6.07, 6.45) is 0. The van der Waals surface area contributed by atoms with Gasteiger partial charge in [0.1, 0.15) is 6.54 Å². The van der Waals surface area contributed by atoms with Gasteiger partial charge < -0.3 is 10.6 Å². The molecule has 0 aromatic heterocycles. The molecule has 0 saturated carbocycles. The Labute approximate surface area is 110 Å². The summed E-state index contributed by atoms with van der Waals surface area (Å²) in [4.78, 5) is 11.2. The SMILES string of the molecule is N#CCNC(=O)CNc1c(Br)cccc1Br. The van der Waals surface area contributed by atoms with Crippen LogP contribution in [0.1, 0.15) is 0 Å². The third-order valence-corrected chi connectivity index (χ3v) is 3.07. The molecule has 2 N–H and O–H groups in total. The Morgan fingerprint density at radius 3 is 2.56 bits per heavy atom. The van der Waals surface area contributed by atoms with Crippen molar-refractivity contribution in [3.63, 3.8) is 0 Å². The topological polar surface area (TPSA) is 64.9 Å². The van der Waals surface area contributed by atoms with Crippen molar-refractivity contribution < 1.29 is 4.79 Å². The number of halogens is 2. The number of carbonyl (C=O) groups excluding carboxylic acids is 1. The molecule has 0 aliphatic rings. The van der Waals surface area contributed by atoms with E-state index in [1.165, 1.54) is 0 Å². The van der Waals surface area contributed by atoms with Gasteiger partial charge in [0.15, 0.2) is 0 Å². The summed E-state index contributed by atoms with van der Waals surface area (Å²) in [6.45, 7) is 0.153. The van der Waals surface area contributed by atoms with Gasteiger partial charge in [-0.1, -0.05) is 6.07 Å². The lowest BCUT2D eigenvalue weighted by atomic mass is 10.3. The van der Waals surface area contributed by atoms with Crippen LogP contribution in [-0.2, 0) is 4.79 Å². The summed E-state index contributed by atoms with van der Waals surface area (Å²) in [6, 6.07) is 7.48. The van der Waals surface area contributed by atoms with Crippen molar-refractivity contribution in [1.29, 1.82) is 5.26 Å². The second-order valence-corrected chi connectivity index (χ2v) is 4.59. The quantitative estimate of drug-likeness (QED) is 0.822. The van der Waals surface area contributed by atoms with Crippen LogP contribution >= 0.6 is 31.9 Å². The molecule has 0 unspecified atom stereocenters. The third-order valence-electron chi connectivity index (χ3n) is 1.75. The normalized spacial score (nSPS) is 9.31. The maximum atomic E-state index is 11.2.